The van der Waals surface area contributed by atoms with Gasteiger partial charge in [-0.15, -0.1) is 0 Å². The predicted molar refractivity (Wildman–Crippen MR) is 85.5 cm³/mol. The maximum absolute atomic E-state index is 13.6. The summed E-state index contributed by atoms with van der Waals surface area (Å²) in [6.07, 6.45) is 0.687. The average Bonchev–Trinajstić information content (AvgIpc) is 2.35. The Balaban J connectivity index is 2.26. The van der Waals surface area contributed by atoms with Gasteiger partial charge in [0.1, 0.15) is 5.82 Å². The Morgan fingerprint density at radius 2 is 1.79 bits per heavy atom. The monoisotopic (exact) mass is 369 g/mol. The number of rotatable bonds is 3. The molecule has 0 saturated heterocycles. The summed E-state index contributed by atoms with van der Waals surface area (Å²) in [5.41, 5.74) is 8.42. The molecule has 0 fully saturated rings. The van der Waals surface area contributed by atoms with Crippen molar-refractivity contribution in [1.82, 2.24) is 0 Å². The lowest BCUT2D eigenvalue weighted by molar-refractivity contribution is 0.485. The van der Waals surface area contributed by atoms with Crippen molar-refractivity contribution >= 4 is 22.6 Å². The first kappa shape index (κ1) is 14.5. The molecule has 100 valence electrons. The van der Waals surface area contributed by atoms with Crippen LogP contribution in [0, 0.1) is 16.3 Å². The second-order valence-corrected chi connectivity index (χ2v) is 6.43. The van der Waals surface area contributed by atoms with E-state index in [0.717, 1.165) is 11.1 Å². The van der Waals surface area contributed by atoms with Crippen molar-refractivity contribution in [2.24, 2.45) is 5.73 Å². The minimum Gasteiger partial charge on any atom is -0.321 e. The van der Waals surface area contributed by atoms with Crippen LogP contribution >= 0.6 is 22.6 Å². The van der Waals surface area contributed by atoms with Gasteiger partial charge in [0.05, 0.1) is 0 Å². The van der Waals surface area contributed by atoms with Gasteiger partial charge < -0.3 is 5.73 Å². The summed E-state index contributed by atoms with van der Waals surface area (Å²) in [6, 6.07) is 13.5. The van der Waals surface area contributed by atoms with Gasteiger partial charge in [0.15, 0.2) is 0 Å². The smallest absolute Gasteiger partial charge is 0.126 e. The maximum atomic E-state index is 13.6. The standard InChI is InChI=1S/C16H17FIN/c1-11-3-6-13(9-15(11)17)16(2,19)10-12-4-7-14(18)8-5-12/h3-9H,10,19H2,1-2H3. The Hall–Kier alpha value is -0.940. The minimum atomic E-state index is -0.568. The van der Waals surface area contributed by atoms with E-state index in [1.165, 1.54) is 3.57 Å². The van der Waals surface area contributed by atoms with Crippen LogP contribution < -0.4 is 5.73 Å². The van der Waals surface area contributed by atoms with Crippen LogP contribution in [0.25, 0.3) is 0 Å². The van der Waals surface area contributed by atoms with Crippen molar-refractivity contribution in [3.63, 3.8) is 0 Å². The zero-order valence-corrected chi connectivity index (χ0v) is 13.2. The largest absolute Gasteiger partial charge is 0.321 e. The second-order valence-electron chi connectivity index (χ2n) is 5.18. The van der Waals surface area contributed by atoms with Crippen LogP contribution in [0.1, 0.15) is 23.6 Å². The molecule has 0 heterocycles. The van der Waals surface area contributed by atoms with Crippen LogP contribution in [0.15, 0.2) is 42.5 Å². The highest BCUT2D eigenvalue weighted by molar-refractivity contribution is 14.1. The van der Waals surface area contributed by atoms with E-state index in [0.29, 0.717) is 12.0 Å². The van der Waals surface area contributed by atoms with E-state index in [1.54, 1.807) is 19.1 Å². The Morgan fingerprint density at radius 3 is 2.37 bits per heavy atom. The quantitative estimate of drug-likeness (QED) is 0.809. The van der Waals surface area contributed by atoms with E-state index < -0.39 is 5.54 Å². The minimum absolute atomic E-state index is 0.197. The number of aryl methyl sites for hydroxylation is 1. The highest BCUT2D eigenvalue weighted by Gasteiger charge is 2.22. The van der Waals surface area contributed by atoms with Crippen LogP contribution in [0.5, 0.6) is 0 Å². The molecule has 1 atom stereocenters. The zero-order chi connectivity index (χ0) is 14.0. The summed E-state index contributed by atoms with van der Waals surface area (Å²) in [6.45, 7) is 3.70. The number of benzene rings is 2. The molecule has 2 N–H and O–H groups in total. The van der Waals surface area contributed by atoms with Gasteiger partial charge in [0, 0.05) is 9.11 Å². The van der Waals surface area contributed by atoms with Gasteiger partial charge in [-0.1, -0.05) is 24.3 Å². The lowest BCUT2D eigenvalue weighted by Gasteiger charge is -2.26. The molecule has 2 aromatic carbocycles. The molecule has 0 amide bonds. The third-order valence-corrected chi connectivity index (χ3v) is 4.04. The third-order valence-electron chi connectivity index (χ3n) is 3.32. The van der Waals surface area contributed by atoms with Crippen molar-refractivity contribution in [3.8, 4) is 0 Å². The normalized spacial score (nSPS) is 14.2. The van der Waals surface area contributed by atoms with Crippen molar-refractivity contribution < 1.29 is 4.39 Å². The molecule has 0 aliphatic carbocycles. The van der Waals surface area contributed by atoms with Crippen LogP contribution in [-0.4, -0.2) is 0 Å². The Bertz CT molecular complexity index is 576. The lowest BCUT2D eigenvalue weighted by Crippen LogP contribution is -2.35. The fourth-order valence-corrected chi connectivity index (χ4v) is 2.44. The van der Waals surface area contributed by atoms with Gasteiger partial charge in [0.2, 0.25) is 0 Å². The summed E-state index contributed by atoms with van der Waals surface area (Å²) >= 11 is 2.27. The molecule has 19 heavy (non-hydrogen) atoms. The van der Waals surface area contributed by atoms with Crippen LogP contribution in [-0.2, 0) is 12.0 Å². The Kier molecular flexibility index (Phi) is 4.26. The summed E-state index contributed by atoms with van der Waals surface area (Å²) in [5, 5.41) is 0. The lowest BCUT2D eigenvalue weighted by atomic mass is 9.86. The maximum Gasteiger partial charge on any atom is 0.126 e. The molecule has 1 nitrogen and oxygen atoms in total. The van der Waals surface area contributed by atoms with Gasteiger partial charge in [0.25, 0.3) is 0 Å². The number of hydrogen-bond donors (Lipinski definition) is 1. The number of halogens is 2. The van der Waals surface area contributed by atoms with Gasteiger partial charge in [-0.2, -0.15) is 0 Å². The molecular weight excluding hydrogens is 352 g/mol. The van der Waals surface area contributed by atoms with Gasteiger partial charge in [-0.3, -0.25) is 0 Å². The van der Waals surface area contributed by atoms with Crippen LogP contribution in [0.4, 0.5) is 4.39 Å². The fourth-order valence-electron chi connectivity index (χ4n) is 2.08. The van der Waals surface area contributed by atoms with E-state index >= 15 is 0 Å². The van der Waals surface area contributed by atoms with E-state index in [1.807, 2.05) is 13.0 Å². The molecule has 0 radical (unpaired) electrons. The molecule has 0 aliphatic rings. The van der Waals surface area contributed by atoms with Crippen molar-refractivity contribution in [3.05, 3.63) is 68.5 Å². The molecule has 0 aliphatic heterocycles. The fraction of sp³-hybridized carbons (Fsp3) is 0.250. The van der Waals surface area contributed by atoms with Crippen LogP contribution in [0.2, 0.25) is 0 Å². The SMILES string of the molecule is Cc1ccc(C(C)(N)Cc2ccc(I)cc2)cc1F. The van der Waals surface area contributed by atoms with Gasteiger partial charge >= 0.3 is 0 Å². The molecule has 3 heteroatoms. The molecule has 0 saturated carbocycles. The average molecular weight is 369 g/mol. The molecule has 2 aromatic rings. The van der Waals surface area contributed by atoms with Crippen molar-refractivity contribution in [2.75, 3.05) is 0 Å². The Labute approximate surface area is 127 Å². The molecule has 0 bridgehead atoms. The molecule has 0 spiro atoms. The summed E-state index contributed by atoms with van der Waals surface area (Å²) in [5.74, 6) is -0.197. The van der Waals surface area contributed by atoms with E-state index in [4.69, 9.17) is 5.73 Å². The van der Waals surface area contributed by atoms with Crippen molar-refractivity contribution in [2.45, 2.75) is 25.8 Å². The van der Waals surface area contributed by atoms with E-state index in [-0.39, 0.29) is 5.82 Å². The molecule has 0 aromatic heterocycles. The summed E-state index contributed by atoms with van der Waals surface area (Å²) in [7, 11) is 0. The third kappa shape index (κ3) is 3.54. The van der Waals surface area contributed by atoms with Crippen LogP contribution in [0.3, 0.4) is 0 Å². The molecule has 1 unspecified atom stereocenters. The summed E-state index contributed by atoms with van der Waals surface area (Å²) < 4.78 is 14.8. The van der Waals surface area contributed by atoms with Crippen molar-refractivity contribution in [1.29, 1.82) is 0 Å². The van der Waals surface area contributed by atoms with E-state index in [9.17, 15) is 4.39 Å². The summed E-state index contributed by atoms with van der Waals surface area (Å²) in [4.78, 5) is 0. The van der Waals surface area contributed by atoms with Gasteiger partial charge in [-0.05, 0) is 77.7 Å². The first-order valence-electron chi connectivity index (χ1n) is 6.18. The molecule has 2 rings (SSSR count). The Morgan fingerprint density at radius 1 is 1.16 bits per heavy atom. The second kappa shape index (κ2) is 5.59. The number of hydrogen-bond acceptors (Lipinski definition) is 1. The number of nitrogens with two attached hydrogens (primary N) is 1. The topological polar surface area (TPSA) is 26.0 Å². The highest BCUT2D eigenvalue weighted by Crippen LogP contribution is 2.24. The highest BCUT2D eigenvalue weighted by atomic mass is 127. The van der Waals surface area contributed by atoms with E-state index in [2.05, 4.69) is 46.9 Å². The first-order chi connectivity index (χ1) is 8.88. The predicted octanol–water partition coefficient (Wildman–Crippen LogP) is 4.16. The zero-order valence-electron chi connectivity index (χ0n) is 11.1. The molecular formula is C16H17FIN. The first-order valence-corrected chi connectivity index (χ1v) is 7.26. The van der Waals surface area contributed by atoms with Gasteiger partial charge in [-0.25, -0.2) is 4.39 Å².